The second-order valence-electron chi connectivity index (χ2n) is 3.77. The molecule has 0 aliphatic heterocycles. The van der Waals surface area contributed by atoms with E-state index in [9.17, 15) is 14.9 Å². The molecular weight excluding hydrogens is 316 g/mol. The van der Waals surface area contributed by atoms with Gasteiger partial charge in [-0.1, -0.05) is 16.4 Å². The molecule has 0 aromatic carbocycles. The molecule has 1 amide bonds. The highest BCUT2D eigenvalue weighted by molar-refractivity contribution is 7.17. The summed E-state index contributed by atoms with van der Waals surface area (Å²) >= 11 is 2.26. The van der Waals surface area contributed by atoms with Gasteiger partial charge in [0.25, 0.3) is 11.8 Å². The van der Waals surface area contributed by atoms with Crippen molar-refractivity contribution in [3.8, 4) is 11.5 Å². The smallest absolute Gasteiger partial charge is 0.324 e. The zero-order valence-corrected chi connectivity index (χ0v) is 11.8. The number of carbonyl (C=O) groups is 1. The molecule has 3 aromatic heterocycles. The van der Waals surface area contributed by atoms with Crippen molar-refractivity contribution in [1.82, 2.24) is 10.2 Å². The van der Waals surface area contributed by atoms with Crippen LogP contribution in [0.4, 0.5) is 11.0 Å². The molecule has 0 saturated carbocycles. The molecule has 0 aliphatic carbocycles. The summed E-state index contributed by atoms with van der Waals surface area (Å²) in [4.78, 5) is 22.1. The summed E-state index contributed by atoms with van der Waals surface area (Å²) in [5.41, 5.74) is 0.764. The summed E-state index contributed by atoms with van der Waals surface area (Å²) in [6.07, 6.45) is 0. The lowest BCUT2D eigenvalue weighted by molar-refractivity contribution is -0.380. The molecule has 106 valence electrons. The van der Waals surface area contributed by atoms with Gasteiger partial charge in [0, 0.05) is 17.0 Å². The largest absolute Gasteiger partial charge is 0.403 e. The number of nitrogens with zero attached hydrogens (tertiary/aromatic N) is 3. The van der Waals surface area contributed by atoms with E-state index in [0.29, 0.717) is 5.89 Å². The molecule has 3 aromatic rings. The highest BCUT2D eigenvalue weighted by Crippen LogP contribution is 2.25. The standard InChI is InChI=1S/C11H6N4O4S2/c16-9(7-1-2-8(21-7)15(17)18)12-11-14-13-10(19-11)6-3-4-20-5-6/h1-5H,(H,12,14,16). The monoisotopic (exact) mass is 322 g/mol. The summed E-state index contributed by atoms with van der Waals surface area (Å²) < 4.78 is 5.30. The Kier molecular flexibility index (Phi) is 3.46. The van der Waals surface area contributed by atoms with Crippen LogP contribution in [0, 0.1) is 10.1 Å². The number of nitrogens with one attached hydrogen (secondary N) is 1. The molecule has 0 bridgehead atoms. The van der Waals surface area contributed by atoms with Crippen LogP contribution >= 0.6 is 22.7 Å². The first-order chi connectivity index (χ1) is 10.1. The highest BCUT2D eigenvalue weighted by atomic mass is 32.1. The molecular formula is C11H6N4O4S2. The van der Waals surface area contributed by atoms with E-state index in [4.69, 9.17) is 4.42 Å². The molecule has 3 heterocycles. The van der Waals surface area contributed by atoms with E-state index in [1.165, 1.54) is 23.5 Å². The normalized spacial score (nSPS) is 10.5. The lowest BCUT2D eigenvalue weighted by Crippen LogP contribution is -2.10. The van der Waals surface area contributed by atoms with Crippen LogP contribution in [0.25, 0.3) is 11.5 Å². The van der Waals surface area contributed by atoms with Crippen molar-refractivity contribution in [3.05, 3.63) is 44.0 Å². The van der Waals surface area contributed by atoms with E-state index in [-0.39, 0.29) is 15.9 Å². The van der Waals surface area contributed by atoms with Crippen molar-refractivity contribution >= 4 is 39.6 Å². The van der Waals surface area contributed by atoms with Crippen molar-refractivity contribution in [2.24, 2.45) is 0 Å². The summed E-state index contributed by atoms with van der Waals surface area (Å²) in [6.45, 7) is 0. The quantitative estimate of drug-likeness (QED) is 0.584. The van der Waals surface area contributed by atoms with Gasteiger partial charge in [-0.15, -0.1) is 5.10 Å². The van der Waals surface area contributed by atoms with E-state index in [2.05, 4.69) is 15.5 Å². The maximum Gasteiger partial charge on any atom is 0.324 e. The Morgan fingerprint density at radius 2 is 2.19 bits per heavy atom. The zero-order chi connectivity index (χ0) is 14.8. The molecule has 0 spiro atoms. The van der Waals surface area contributed by atoms with Gasteiger partial charge in [0.1, 0.15) is 0 Å². The van der Waals surface area contributed by atoms with Gasteiger partial charge < -0.3 is 4.42 Å². The Bertz CT molecular complexity index is 793. The molecule has 10 heteroatoms. The molecule has 0 unspecified atom stereocenters. The third-order valence-electron chi connectivity index (χ3n) is 2.41. The van der Waals surface area contributed by atoms with Crippen molar-refractivity contribution in [1.29, 1.82) is 0 Å². The molecule has 8 nitrogen and oxygen atoms in total. The fraction of sp³-hybridized carbons (Fsp3) is 0. The highest BCUT2D eigenvalue weighted by Gasteiger charge is 2.17. The predicted octanol–water partition coefficient (Wildman–Crippen LogP) is 3.02. The average molecular weight is 322 g/mol. The van der Waals surface area contributed by atoms with E-state index in [1.54, 1.807) is 0 Å². The zero-order valence-electron chi connectivity index (χ0n) is 10.2. The van der Waals surface area contributed by atoms with Gasteiger partial charge in [-0.25, -0.2) is 0 Å². The van der Waals surface area contributed by atoms with Crippen LogP contribution < -0.4 is 5.32 Å². The minimum atomic E-state index is -0.553. The number of hydrogen-bond donors (Lipinski definition) is 1. The lowest BCUT2D eigenvalue weighted by Gasteiger charge is -1.95. The average Bonchev–Trinajstić information content (AvgIpc) is 3.19. The minimum absolute atomic E-state index is 0.0581. The molecule has 0 radical (unpaired) electrons. The van der Waals surface area contributed by atoms with Crippen molar-refractivity contribution in [3.63, 3.8) is 0 Å². The lowest BCUT2D eigenvalue weighted by atomic mass is 10.3. The predicted molar refractivity (Wildman–Crippen MR) is 76.5 cm³/mol. The van der Waals surface area contributed by atoms with Crippen LogP contribution in [0.1, 0.15) is 9.67 Å². The SMILES string of the molecule is O=C(Nc1nnc(-c2ccsc2)o1)c1ccc([N+](=O)[O-])s1. The van der Waals surface area contributed by atoms with E-state index in [1.807, 2.05) is 16.8 Å². The van der Waals surface area contributed by atoms with Crippen molar-refractivity contribution in [2.45, 2.75) is 0 Å². The maximum atomic E-state index is 11.9. The maximum absolute atomic E-state index is 11.9. The van der Waals surface area contributed by atoms with Gasteiger partial charge in [-0.2, -0.15) is 11.3 Å². The topological polar surface area (TPSA) is 111 Å². The Labute approximate surface area is 125 Å². The van der Waals surface area contributed by atoms with Crippen LogP contribution in [0.3, 0.4) is 0 Å². The third kappa shape index (κ3) is 2.80. The van der Waals surface area contributed by atoms with Crippen LogP contribution in [0.5, 0.6) is 0 Å². The molecule has 0 aliphatic rings. The number of nitro groups is 1. The summed E-state index contributed by atoms with van der Waals surface area (Å²) in [6, 6.07) is 4.39. The molecule has 3 rings (SSSR count). The Hall–Kier alpha value is -2.59. The number of thiophene rings is 2. The minimum Gasteiger partial charge on any atom is -0.403 e. The summed E-state index contributed by atoms with van der Waals surface area (Å²) in [5, 5.41) is 24.1. The molecule has 0 saturated heterocycles. The summed E-state index contributed by atoms with van der Waals surface area (Å²) in [7, 11) is 0. The Morgan fingerprint density at radius 1 is 1.33 bits per heavy atom. The Balaban J connectivity index is 1.74. The number of hydrogen-bond acceptors (Lipinski definition) is 8. The van der Waals surface area contributed by atoms with Crippen LogP contribution in [-0.2, 0) is 0 Å². The van der Waals surface area contributed by atoms with Crippen molar-refractivity contribution < 1.29 is 14.1 Å². The Morgan fingerprint density at radius 3 is 2.86 bits per heavy atom. The molecule has 0 atom stereocenters. The molecule has 21 heavy (non-hydrogen) atoms. The number of amides is 1. The summed E-state index contributed by atoms with van der Waals surface area (Å²) in [5.74, 6) is -0.239. The first-order valence-electron chi connectivity index (χ1n) is 5.55. The number of aromatic nitrogens is 2. The van der Waals surface area contributed by atoms with Gasteiger partial charge in [-0.3, -0.25) is 20.2 Å². The van der Waals surface area contributed by atoms with Crippen LogP contribution in [0.2, 0.25) is 0 Å². The van der Waals surface area contributed by atoms with Crippen molar-refractivity contribution in [2.75, 3.05) is 5.32 Å². The van der Waals surface area contributed by atoms with Gasteiger partial charge in [-0.05, 0) is 17.5 Å². The fourth-order valence-corrected chi connectivity index (χ4v) is 2.83. The van der Waals surface area contributed by atoms with Gasteiger partial charge in [0.2, 0.25) is 0 Å². The number of anilines is 1. The number of rotatable bonds is 4. The third-order valence-corrected chi connectivity index (χ3v) is 4.13. The van der Waals surface area contributed by atoms with Crippen LogP contribution in [0.15, 0.2) is 33.4 Å². The first kappa shape index (κ1) is 13.4. The van der Waals surface area contributed by atoms with Gasteiger partial charge in [0.05, 0.1) is 9.80 Å². The first-order valence-corrected chi connectivity index (χ1v) is 7.31. The van der Waals surface area contributed by atoms with E-state index in [0.717, 1.165) is 16.9 Å². The second-order valence-corrected chi connectivity index (χ2v) is 5.62. The van der Waals surface area contributed by atoms with E-state index < -0.39 is 10.8 Å². The van der Waals surface area contributed by atoms with Crippen LogP contribution in [-0.4, -0.2) is 21.0 Å². The van der Waals surface area contributed by atoms with Gasteiger partial charge in [0.15, 0.2) is 0 Å². The number of carbonyl (C=O) groups excluding carboxylic acids is 1. The second kappa shape index (κ2) is 5.42. The molecule has 0 fully saturated rings. The van der Waals surface area contributed by atoms with Gasteiger partial charge >= 0.3 is 11.0 Å². The molecule has 1 N–H and O–H groups in total. The van der Waals surface area contributed by atoms with E-state index >= 15 is 0 Å². The fourth-order valence-electron chi connectivity index (χ4n) is 1.48.